The predicted molar refractivity (Wildman–Crippen MR) is 96.5 cm³/mol. The van der Waals surface area contributed by atoms with E-state index in [0.717, 1.165) is 29.4 Å². The fourth-order valence-electron chi connectivity index (χ4n) is 2.35. The van der Waals surface area contributed by atoms with E-state index in [9.17, 15) is 0 Å². The van der Waals surface area contributed by atoms with E-state index in [1.807, 2.05) is 36.4 Å². The molecular formula is C20H20N2O. The summed E-state index contributed by atoms with van der Waals surface area (Å²) in [6.45, 7) is 0.767. The van der Waals surface area contributed by atoms with Gasteiger partial charge in [0.1, 0.15) is 5.75 Å². The Morgan fingerprint density at radius 2 is 1.43 bits per heavy atom. The number of ether oxygens (including phenoxy) is 1. The highest BCUT2D eigenvalue weighted by molar-refractivity contribution is 5.62. The first-order valence-corrected chi connectivity index (χ1v) is 7.62. The second kappa shape index (κ2) is 7.36. The van der Waals surface area contributed by atoms with Crippen LogP contribution in [0.25, 0.3) is 0 Å². The minimum absolute atomic E-state index is 0.767. The molecule has 0 spiro atoms. The van der Waals surface area contributed by atoms with Gasteiger partial charge in [-0.05, 0) is 54.1 Å². The van der Waals surface area contributed by atoms with Gasteiger partial charge in [0.25, 0.3) is 0 Å². The molecule has 3 aromatic rings. The van der Waals surface area contributed by atoms with Crippen LogP contribution in [0.4, 0.5) is 17.1 Å². The van der Waals surface area contributed by atoms with Gasteiger partial charge in [-0.2, -0.15) is 0 Å². The Morgan fingerprint density at radius 3 is 2.17 bits per heavy atom. The van der Waals surface area contributed by atoms with Crippen LogP contribution in [0.2, 0.25) is 0 Å². The Bertz CT molecular complexity index is 739. The molecule has 0 radical (unpaired) electrons. The lowest BCUT2D eigenvalue weighted by Crippen LogP contribution is -1.99. The molecule has 2 N–H and O–H groups in total. The SMILES string of the molecule is COc1cccc(CNc2ccc(Nc3ccccc3)cc2)c1. The number of hydrogen-bond donors (Lipinski definition) is 2. The van der Waals surface area contributed by atoms with E-state index in [0.29, 0.717) is 0 Å². The lowest BCUT2D eigenvalue weighted by molar-refractivity contribution is 0.414. The molecule has 3 nitrogen and oxygen atoms in total. The van der Waals surface area contributed by atoms with Gasteiger partial charge in [-0.25, -0.2) is 0 Å². The van der Waals surface area contributed by atoms with Crippen molar-refractivity contribution in [2.75, 3.05) is 17.7 Å². The van der Waals surface area contributed by atoms with E-state index in [1.165, 1.54) is 5.56 Å². The standard InChI is InChI=1S/C20H20N2O/c1-23-20-9-5-6-16(14-20)15-21-17-10-12-19(13-11-17)22-18-7-3-2-4-8-18/h2-14,21-22H,15H2,1H3. The number of anilines is 3. The number of para-hydroxylation sites is 1. The zero-order valence-corrected chi connectivity index (χ0v) is 13.1. The van der Waals surface area contributed by atoms with Crippen LogP contribution in [0.5, 0.6) is 5.75 Å². The van der Waals surface area contributed by atoms with Crippen molar-refractivity contribution in [3.05, 3.63) is 84.4 Å². The zero-order valence-electron chi connectivity index (χ0n) is 13.1. The monoisotopic (exact) mass is 304 g/mol. The quantitative estimate of drug-likeness (QED) is 0.668. The van der Waals surface area contributed by atoms with Gasteiger partial charge in [-0.15, -0.1) is 0 Å². The maximum absolute atomic E-state index is 5.24. The molecule has 0 heterocycles. The highest BCUT2D eigenvalue weighted by Crippen LogP contribution is 2.19. The summed E-state index contributed by atoms with van der Waals surface area (Å²) in [5, 5.41) is 6.80. The molecule has 3 aromatic carbocycles. The van der Waals surface area contributed by atoms with Crippen LogP contribution < -0.4 is 15.4 Å². The molecule has 0 aliphatic carbocycles. The van der Waals surface area contributed by atoms with E-state index in [-0.39, 0.29) is 0 Å². The maximum atomic E-state index is 5.24. The van der Waals surface area contributed by atoms with Gasteiger partial charge in [-0.1, -0.05) is 30.3 Å². The van der Waals surface area contributed by atoms with Crippen LogP contribution in [0.3, 0.4) is 0 Å². The Hall–Kier alpha value is -2.94. The van der Waals surface area contributed by atoms with Gasteiger partial charge < -0.3 is 15.4 Å². The first kappa shape index (κ1) is 15.0. The van der Waals surface area contributed by atoms with Crippen LogP contribution in [-0.4, -0.2) is 7.11 Å². The Balaban J connectivity index is 1.59. The molecule has 0 aromatic heterocycles. The minimum atomic E-state index is 0.767. The van der Waals surface area contributed by atoms with Crippen LogP contribution in [0.1, 0.15) is 5.56 Å². The number of nitrogens with one attached hydrogen (secondary N) is 2. The highest BCUT2D eigenvalue weighted by Gasteiger charge is 1.98. The number of benzene rings is 3. The van der Waals surface area contributed by atoms with Crippen molar-refractivity contribution in [2.45, 2.75) is 6.54 Å². The van der Waals surface area contributed by atoms with Gasteiger partial charge in [-0.3, -0.25) is 0 Å². The van der Waals surface area contributed by atoms with Crippen LogP contribution in [0.15, 0.2) is 78.9 Å². The normalized spacial score (nSPS) is 10.1. The van der Waals surface area contributed by atoms with E-state index in [2.05, 4.69) is 53.1 Å². The molecule has 0 saturated heterocycles. The van der Waals surface area contributed by atoms with Crippen molar-refractivity contribution in [3.8, 4) is 5.75 Å². The summed E-state index contributed by atoms with van der Waals surface area (Å²) >= 11 is 0. The van der Waals surface area contributed by atoms with E-state index in [4.69, 9.17) is 4.74 Å². The highest BCUT2D eigenvalue weighted by atomic mass is 16.5. The fraction of sp³-hybridized carbons (Fsp3) is 0.100. The predicted octanol–water partition coefficient (Wildman–Crippen LogP) is 5.05. The third kappa shape index (κ3) is 4.27. The van der Waals surface area contributed by atoms with Crippen molar-refractivity contribution in [3.63, 3.8) is 0 Å². The summed E-state index contributed by atoms with van der Waals surface area (Å²) < 4.78 is 5.24. The van der Waals surface area contributed by atoms with Crippen LogP contribution >= 0.6 is 0 Å². The van der Waals surface area contributed by atoms with Gasteiger partial charge in [0.05, 0.1) is 7.11 Å². The summed E-state index contributed by atoms with van der Waals surface area (Å²) in [7, 11) is 1.69. The smallest absolute Gasteiger partial charge is 0.119 e. The van der Waals surface area contributed by atoms with Gasteiger partial charge in [0.2, 0.25) is 0 Å². The molecule has 0 atom stereocenters. The molecule has 0 unspecified atom stereocenters. The molecule has 0 aliphatic rings. The van der Waals surface area contributed by atoms with Gasteiger partial charge >= 0.3 is 0 Å². The zero-order chi connectivity index (χ0) is 15.9. The molecule has 3 heteroatoms. The van der Waals surface area contributed by atoms with Crippen LogP contribution in [-0.2, 0) is 6.54 Å². The molecule has 0 amide bonds. The summed E-state index contributed by atoms with van der Waals surface area (Å²) in [6, 6.07) is 26.5. The molecule has 3 rings (SSSR count). The summed E-state index contributed by atoms with van der Waals surface area (Å²) in [4.78, 5) is 0. The average Bonchev–Trinajstić information content (AvgIpc) is 2.62. The molecule has 23 heavy (non-hydrogen) atoms. The van der Waals surface area contributed by atoms with Crippen molar-refractivity contribution >= 4 is 17.1 Å². The summed E-state index contributed by atoms with van der Waals surface area (Å²) in [5.74, 6) is 0.881. The summed E-state index contributed by atoms with van der Waals surface area (Å²) in [5.41, 5.74) is 4.44. The van der Waals surface area contributed by atoms with E-state index >= 15 is 0 Å². The largest absolute Gasteiger partial charge is 0.497 e. The minimum Gasteiger partial charge on any atom is -0.497 e. The van der Waals surface area contributed by atoms with E-state index in [1.54, 1.807) is 7.11 Å². The topological polar surface area (TPSA) is 33.3 Å². The first-order chi connectivity index (χ1) is 11.3. The first-order valence-electron chi connectivity index (χ1n) is 7.62. The second-order valence-corrected chi connectivity index (χ2v) is 5.27. The summed E-state index contributed by atoms with van der Waals surface area (Å²) in [6.07, 6.45) is 0. The molecule has 0 bridgehead atoms. The average molecular weight is 304 g/mol. The van der Waals surface area contributed by atoms with Crippen LogP contribution in [0, 0.1) is 0 Å². The molecule has 0 aliphatic heterocycles. The van der Waals surface area contributed by atoms with E-state index < -0.39 is 0 Å². The third-order valence-corrected chi connectivity index (χ3v) is 3.58. The number of methoxy groups -OCH3 is 1. The Kier molecular flexibility index (Phi) is 4.79. The Labute approximate surface area is 136 Å². The van der Waals surface area contributed by atoms with Crippen molar-refractivity contribution in [1.82, 2.24) is 0 Å². The lowest BCUT2D eigenvalue weighted by atomic mass is 10.2. The maximum Gasteiger partial charge on any atom is 0.119 e. The van der Waals surface area contributed by atoms with Gasteiger partial charge in [0, 0.05) is 23.6 Å². The molecule has 116 valence electrons. The molecule has 0 saturated carbocycles. The van der Waals surface area contributed by atoms with Crippen molar-refractivity contribution < 1.29 is 4.74 Å². The molecular weight excluding hydrogens is 284 g/mol. The molecule has 0 fully saturated rings. The lowest BCUT2D eigenvalue weighted by Gasteiger charge is -2.10. The third-order valence-electron chi connectivity index (χ3n) is 3.58. The fourth-order valence-corrected chi connectivity index (χ4v) is 2.35. The van der Waals surface area contributed by atoms with Crippen molar-refractivity contribution in [1.29, 1.82) is 0 Å². The second-order valence-electron chi connectivity index (χ2n) is 5.27. The number of rotatable bonds is 6. The van der Waals surface area contributed by atoms with Crippen molar-refractivity contribution in [2.24, 2.45) is 0 Å². The number of hydrogen-bond acceptors (Lipinski definition) is 3. The van der Waals surface area contributed by atoms with Gasteiger partial charge in [0.15, 0.2) is 0 Å². The Morgan fingerprint density at radius 1 is 0.739 bits per heavy atom.